The van der Waals surface area contributed by atoms with Crippen molar-refractivity contribution in [2.24, 2.45) is 0 Å². The zero-order chi connectivity index (χ0) is 21.7. The molecule has 1 heterocycles. The standard InChI is InChI=1S/C24H34N4O2/c1-24(2,3)25-22(29)17-26(4)23(30)18-28-14-12-27(13-15-28)16-20-10-7-9-19-8-5-6-11-21(19)20/h5-11H,12-18H2,1-4H3,(H,25,29). The molecule has 0 radical (unpaired) electrons. The molecule has 1 fully saturated rings. The summed E-state index contributed by atoms with van der Waals surface area (Å²) >= 11 is 0. The molecule has 0 bridgehead atoms. The Morgan fingerprint density at radius 1 is 0.967 bits per heavy atom. The highest BCUT2D eigenvalue weighted by Gasteiger charge is 2.22. The van der Waals surface area contributed by atoms with Crippen LogP contribution in [0.1, 0.15) is 26.3 Å². The van der Waals surface area contributed by atoms with Gasteiger partial charge < -0.3 is 10.2 Å². The zero-order valence-electron chi connectivity index (χ0n) is 18.6. The van der Waals surface area contributed by atoms with Crippen LogP contribution in [-0.2, 0) is 16.1 Å². The molecule has 0 aliphatic carbocycles. The highest BCUT2D eigenvalue weighted by Crippen LogP contribution is 2.20. The van der Waals surface area contributed by atoms with Gasteiger partial charge in [0.2, 0.25) is 11.8 Å². The fourth-order valence-corrected chi connectivity index (χ4v) is 3.85. The Balaban J connectivity index is 1.46. The van der Waals surface area contributed by atoms with Gasteiger partial charge in [0.15, 0.2) is 0 Å². The number of hydrogen-bond acceptors (Lipinski definition) is 4. The van der Waals surface area contributed by atoms with E-state index in [0.29, 0.717) is 6.54 Å². The third-order valence-electron chi connectivity index (χ3n) is 5.42. The van der Waals surface area contributed by atoms with Gasteiger partial charge in [-0.25, -0.2) is 0 Å². The molecule has 0 saturated carbocycles. The number of nitrogens with zero attached hydrogens (tertiary/aromatic N) is 3. The molecule has 0 unspecified atom stereocenters. The quantitative estimate of drug-likeness (QED) is 0.794. The van der Waals surface area contributed by atoms with Gasteiger partial charge in [0.05, 0.1) is 13.1 Å². The van der Waals surface area contributed by atoms with Crippen molar-refractivity contribution in [1.29, 1.82) is 0 Å². The van der Waals surface area contributed by atoms with Crippen molar-refractivity contribution < 1.29 is 9.59 Å². The van der Waals surface area contributed by atoms with Crippen LogP contribution in [0.25, 0.3) is 10.8 Å². The molecule has 6 heteroatoms. The SMILES string of the molecule is CN(CC(=O)NC(C)(C)C)C(=O)CN1CCN(Cc2cccc3ccccc23)CC1. The lowest BCUT2D eigenvalue weighted by molar-refractivity contribution is -0.136. The van der Waals surface area contributed by atoms with Crippen molar-refractivity contribution in [3.05, 3.63) is 48.0 Å². The molecule has 162 valence electrons. The summed E-state index contributed by atoms with van der Waals surface area (Å²) in [7, 11) is 1.70. The van der Waals surface area contributed by atoms with E-state index in [-0.39, 0.29) is 23.9 Å². The van der Waals surface area contributed by atoms with Crippen molar-refractivity contribution in [1.82, 2.24) is 20.0 Å². The number of piperazine rings is 1. The van der Waals surface area contributed by atoms with Crippen LogP contribution in [0.2, 0.25) is 0 Å². The Labute approximate surface area is 179 Å². The smallest absolute Gasteiger partial charge is 0.240 e. The fraction of sp³-hybridized carbons (Fsp3) is 0.500. The van der Waals surface area contributed by atoms with Crippen molar-refractivity contribution in [3.8, 4) is 0 Å². The van der Waals surface area contributed by atoms with E-state index in [1.165, 1.54) is 21.2 Å². The van der Waals surface area contributed by atoms with E-state index < -0.39 is 0 Å². The predicted octanol–water partition coefficient (Wildman–Crippen LogP) is 2.33. The summed E-state index contributed by atoms with van der Waals surface area (Å²) in [6.45, 7) is 10.8. The molecular formula is C24H34N4O2. The number of rotatable bonds is 6. The normalized spacial score (nSPS) is 15.9. The molecule has 0 spiro atoms. The van der Waals surface area contributed by atoms with Crippen LogP contribution in [0.15, 0.2) is 42.5 Å². The minimum Gasteiger partial charge on any atom is -0.350 e. The summed E-state index contributed by atoms with van der Waals surface area (Å²) < 4.78 is 0. The number of carbonyl (C=O) groups is 2. The second-order valence-electron chi connectivity index (χ2n) is 9.24. The lowest BCUT2D eigenvalue weighted by atomic mass is 10.0. The molecule has 1 saturated heterocycles. The lowest BCUT2D eigenvalue weighted by Crippen LogP contribution is -2.51. The number of benzene rings is 2. The summed E-state index contributed by atoms with van der Waals surface area (Å²) in [5.41, 5.74) is 1.06. The van der Waals surface area contributed by atoms with Crippen molar-refractivity contribution in [2.45, 2.75) is 32.9 Å². The van der Waals surface area contributed by atoms with E-state index in [1.54, 1.807) is 7.05 Å². The van der Waals surface area contributed by atoms with E-state index in [4.69, 9.17) is 0 Å². The highest BCUT2D eigenvalue weighted by atomic mass is 16.2. The number of amides is 2. The largest absolute Gasteiger partial charge is 0.350 e. The molecule has 6 nitrogen and oxygen atoms in total. The van der Waals surface area contributed by atoms with Gasteiger partial charge in [-0.2, -0.15) is 0 Å². The first kappa shape index (κ1) is 22.2. The molecule has 30 heavy (non-hydrogen) atoms. The Hall–Kier alpha value is -2.44. The number of nitrogens with one attached hydrogen (secondary N) is 1. The average Bonchev–Trinajstić information content (AvgIpc) is 2.68. The summed E-state index contributed by atoms with van der Waals surface area (Å²) in [6.07, 6.45) is 0. The molecule has 2 amide bonds. The molecule has 2 aromatic rings. The molecule has 1 aliphatic heterocycles. The number of carbonyl (C=O) groups excluding carboxylic acids is 2. The summed E-state index contributed by atoms with van der Waals surface area (Å²) in [5.74, 6) is -0.139. The second-order valence-corrected chi connectivity index (χ2v) is 9.24. The minimum absolute atomic E-state index is 0.0124. The van der Waals surface area contributed by atoms with Gasteiger partial charge in [0.25, 0.3) is 0 Å². The third-order valence-corrected chi connectivity index (χ3v) is 5.42. The van der Waals surface area contributed by atoms with Gasteiger partial charge in [0.1, 0.15) is 0 Å². The maximum absolute atomic E-state index is 12.5. The third kappa shape index (κ3) is 6.28. The van der Waals surface area contributed by atoms with Gasteiger partial charge in [-0.05, 0) is 37.1 Å². The van der Waals surface area contributed by atoms with E-state index in [0.717, 1.165) is 32.7 Å². The topological polar surface area (TPSA) is 55.9 Å². The van der Waals surface area contributed by atoms with Crippen LogP contribution >= 0.6 is 0 Å². The van der Waals surface area contributed by atoms with Crippen LogP contribution in [0.5, 0.6) is 0 Å². The fourth-order valence-electron chi connectivity index (χ4n) is 3.85. The molecule has 1 aliphatic rings. The van der Waals surface area contributed by atoms with E-state index >= 15 is 0 Å². The number of fused-ring (bicyclic) bond motifs is 1. The molecular weight excluding hydrogens is 376 g/mol. The molecule has 2 aromatic carbocycles. The Kier molecular flexibility index (Phi) is 7.10. The maximum atomic E-state index is 12.5. The first-order chi connectivity index (χ1) is 14.2. The maximum Gasteiger partial charge on any atom is 0.240 e. The molecule has 1 N–H and O–H groups in total. The predicted molar refractivity (Wildman–Crippen MR) is 121 cm³/mol. The number of likely N-dealkylation sites (N-methyl/N-ethyl adjacent to an activating group) is 1. The van der Waals surface area contributed by atoms with Gasteiger partial charge in [-0.1, -0.05) is 42.5 Å². The first-order valence-corrected chi connectivity index (χ1v) is 10.7. The van der Waals surface area contributed by atoms with Crippen LogP contribution in [0.3, 0.4) is 0 Å². The Bertz CT molecular complexity index is 877. The highest BCUT2D eigenvalue weighted by molar-refractivity contribution is 5.86. The molecule has 0 atom stereocenters. The number of hydrogen-bond donors (Lipinski definition) is 1. The van der Waals surface area contributed by atoms with Crippen molar-refractivity contribution in [3.63, 3.8) is 0 Å². The van der Waals surface area contributed by atoms with Crippen LogP contribution in [-0.4, -0.2) is 78.4 Å². The van der Waals surface area contributed by atoms with E-state index in [1.807, 2.05) is 20.8 Å². The summed E-state index contributed by atoms with van der Waals surface area (Å²) in [5, 5.41) is 5.49. The Morgan fingerprint density at radius 2 is 1.60 bits per heavy atom. The van der Waals surface area contributed by atoms with Gasteiger partial charge in [-0.15, -0.1) is 0 Å². The first-order valence-electron chi connectivity index (χ1n) is 10.7. The van der Waals surface area contributed by atoms with Crippen molar-refractivity contribution in [2.75, 3.05) is 46.3 Å². The van der Waals surface area contributed by atoms with E-state index in [9.17, 15) is 9.59 Å². The van der Waals surface area contributed by atoms with Crippen LogP contribution < -0.4 is 5.32 Å². The van der Waals surface area contributed by atoms with Gasteiger partial charge in [-0.3, -0.25) is 19.4 Å². The second kappa shape index (κ2) is 9.58. The monoisotopic (exact) mass is 410 g/mol. The van der Waals surface area contributed by atoms with Crippen LogP contribution in [0.4, 0.5) is 0 Å². The molecule has 3 rings (SSSR count). The van der Waals surface area contributed by atoms with Crippen LogP contribution in [0, 0.1) is 0 Å². The summed E-state index contributed by atoms with van der Waals surface area (Å²) in [6, 6.07) is 15.0. The summed E-state index contributed by atoms with van der Waals surface area (Å²) in [4.78, 5) is 30.7. The Morgan fingerprint density at radius 3 is 2.30 bits per heavy atom. The minimum atomic E-state index is -0.290. The van der Waals surface area contributed by atoms with Gasteiger partial charge in [0, 0.05) is 45.3 Å². The molecule has 0 aromatic heterocycles. The zero-order valence-corrected chi connectivity index (χ0v) is 18.6. The average molecular weight is 411 g/mol. The van der Waals surface area contributed by atoms with Gasteiger partial charge >= 0.3 is 0 Å². The van der Waals surface area contributed by atoms with E-state index in [2.05, 4.69) is 57.6 Å². The lowest BCUT2D eigenvalue weighted by Gasteiger charge is -2.35. The van der Waals surface area contributed by atoms with Crippen molar-refractivity contribution >= 4 is 22.6 Å².